The minimum Gasteiger partial charge on any atom is -0.383 e. The lowest BCUT2D eigenvalue weighted by Crippen LogP contribution is -2.26. The molecule has 0 saturated heterocycles. The number of anilines is 1. The van der Waals surface area contributed by atoms with E-state index in [4.69, 9.17) is 4.74 Å². The fourth-order valence-electron chi connectivity index (χ4n) is 1.98. The van der Waals surface area contributed by atoms with E-state index in [-0.39, 0.29) is 0 Å². The van der Waals surface area contributed by atoms with Crippen molar-refractivity contribution in [2.45, 2.75) is 38.8 Å². The minimum atomic E-state index is 0.448. The molecular formula is C12H21N3O. The maximum Gasteiger partial charge on any atom is 0.0729 e. The van der Waals surface area contributed by atoms with Crippen molar-refractivity contribution in [3.05, 3.63) is 12.4 Å². The molecule has 0 spiro atoms. The summed E-state index contributed by atoms with van der Waals surface area (Å²) in [4.78, 5) is 0. The van der Waals surface area contributed by atoms with Crippen molar-refractivity contribution in [3.63, 3.8) is 0 Å². The number of aromatic nitrogens is 2. The summed E-state index contributed by atoms with van der Waals surface area (Å²) in [6.45, 7) is 3.93. The van der Waals surface area contributed by atoms with E-state index in [0.29, 0.717) is 6.04 Å². The average molecular weight is 223 g/mol. The van der Waals surface area contributed by atoms with E-state index in [2.05, 4.69) is 23.5 Å². The van der Waals surface area contributed by atoms with Crippen molar-refractivity contribution in [2.24, 2.45) is 5.92 Å². The van der Waals surface area contributed by atoms with E-state index in [9.17, 15) is 0 Å². The van der Waals surface area contributed by atoms with E-state index in [0.717, 1.165) is 31.2 Å². The third-order valence-electron chi connectivity index (χ3n) is 2.98. The van der Waals surface area contributed by atoms with Gasteiger partial charge in [-0.15, -0.1) is 0 Å². The van der Waals surface area contributed by atoms with Crippen LogP contribution in [0.3, 0.4) is 0 Å². The highest BCUT2D eigenvalue weighted by Gasteiger charge is 2.31. The second-order valence-corrected chi connectivity index (χ2v) is 4.54. The van der Waals surface area contributed by atoms with Gasteiger partial charge in [0.25, 0.3) is 0 Å². The summed E-state index contributed by atoms with van der Waals surface area (Å²) >= 11 is 0. The summed E-state index contributed by atoms with van der Waals surface area (Å²) in [6, 6.07) is 0.448. The highest BCUT2D eigenvalue weighted by molar-refractivity contribution is 5.39. The lowest BCUT2D eigenvalue weighted by Gasteiger charge is -2.16. The first-order chi connectivity index (χ1) is 7.83. The van der Waals surface area contributed by atoms with Crippen molar-refractivity contribution in [1.29, 1.82) is 0 Å². The molecule has 90 valence electrons. The Kier molecular flexibility index (Phi) is 3.83. The van der Waals surface area contributed by atoms with Gasteiger partial charge < -0.3 is 10.1 Å². The quantitative estimate of drug-likeness (QED) is 0.769. The van der Waals surface area contributed by atoms with Gasteiger partial charge in [-0.05, 0) is 25.2 Å². The molecule has 1 aromatic rings. The van der Waals surface area contributed by atoms with Gasteiger partial charge in [0.2, 0.25) is 0 Å². The zero-order chi connectivity index (χ0) is 11.4. The average Bonchev–Trinajstić information content (AvgIpc) is 3.02. The van der Waals surface area contributed by atoms with E-state index in [1.165, 1.54) is 12.8 Å². The molecule has 1 aliphatic rings. The fourth-order valence-corrected chi connectivity index (χ4v) is 1.98. The predicted octanol–water partition coefficient (Wildman–Crippen LogP) is 2.13. The van der Waals surface area contributed by atoms with Crippen LogP contribution < -0.4 is 5.32 Å². The molecule has 16 heavy (non-hydrogen) atoms. The fraction of sp³-hybridized carbons (Fsp3) is 0.750. The molecule has 0 bridgehead atoms. The van der Waals surface area contributed by atoms with Gasteiger partial charge in [0.15, 0.2) is 0 Å². The van der Waals surface area contributed by atoms with Gasteiger partial charge in [0, 0.05) is 19.9 Å². The zero-order valence-corrected chi connectivity index (χ0v) is 10.1. The molecule has 4 heteroatoms. The monoisotopic (exact) mass is 223 g/mol. The number of aryl methyl sites for hydroxylation is 1. The Hall–Kier alpha value is -1.03. The molecule has 1 atom stereocenters. The number of hydrogen-bond donors (Lipinski definition) is 1. The van der Waals surface area contributed by atoms with Crippen molar-refractivity contribution in [3.8, 4) is 0 Å². The first-order valence-electron chi connectivity index (χ1n) is 6.11. The topological polar surface area (TPSA) is 39.1 Å². The number of hydrogen-bond acceptors (Lipinski definition) is 3. The van der Waals surface area contributed by atoms with Gasteiger partial charge in [-0.3, -0.25) is 4.68 Å². The van der Waals surface area contributed by atoms with Gasteiger partial charge in [0.1, 0.15) is 0 Å². The second kappa shape index (κ2) is 5.34. The summed E-state index contributed by atoms with van der Waals surface area (Å²) in [7, 11) is 1.76. The van der Waals surface area contributed by atoms with Crippen LogP contribution in [-0.2, 0) is 11.3 Å². The number of rotatable bonds is 7. The number of nitrogens with one attached hydrogen (secondary N) is 1. The van der Waals surface area contributed by atoms with Gasteiger partial charge in [-0.25, -0.2) is 0 Å². The van der Waals surface area contributed by atoms with Crippen LogP contribution in [0, 0.1) is 5.92 Å². The molecule has 1 saturated carbocycles. The van der Waals surface area contributed by atoms with Crippen LogP contribution in [0.5, 0.6) is 0 Å². The van der Waals surface area contributed by atoms with Gasteiger partial charge in [-0.2, -0.15) is 5.10 Å². The van der Waals surface area contributed by atoms with Crippen molar-refractivity contribution in [1.82, 2.24) is 9.78 Å². The number of methoxy groups -OCH3 is 1. The molecule has 0 amide bonds. The van der Waals surface area contributed by atoms with Crippen molar-refractivity contribution >= 4 is 5.69 Å². The summed E-state index contributed by atoms with van der Waals surface area (Å²) in [5.74, 6) is 0.787. The largest absolute Gasteiger partial charge is 0.383 e. The van der Waals surface area contributed by atoms with Gasteiger partial charge in [0.05, 0.1) is 24.5 Å². The van der Waals surface area contributed by atoms with Crippen LogP contribution in [0.1, 0.15) is 26.2 Å². The smallest absolute Gasteiger partial charge is 0.0729 e. The third-order valence-corrected chi connectivity index (χ3v) is 2.98. The predicted molar refractivity (Wildman–Crippen MR) is 64.5 cm³/mol. The standard InChI is InChI=1S/C12H21N3O/c1-3-6-15-8-11(7-13-15)14-12(9-16-2)10-4-5-10/h7-8,10,12,14H,3-6,9H2,1-2H3. The summed E-state index contributed by atoms with van der Waals surface area (Å²) < 4.78 is 7.23. The maximum atomic E-state index is 5.24. The van der Waals surface area contributed by atoms with Crippen LogP contribution in [0.2, 0.25) is 0 Å². The molecule has 1 aliphatic carbocycles. The first-order valence-corrected chi connectivity index (χ1v) is 6.11. The van der Waals surface area contributed by atoms with Crippen LogP contribution >= 0.6 is 0 Å². The van der Waals surface area contributed by atoms with Crippen LogP contribution in [-0.4, -0.2) is 29.5 Å². The van der Waals surface area contributed by atoms with Gasteiger partial charge in [-0.1, -0.05) is 6.92 Å². The molecule has 0 aromatic carbocycles. The third kappa shape index (κ3) is 2.98. The lowest BCUT2D eigenvalue weighted by atomic mass is 10.2. The Balaban J connectivity index is 1.89. The van der Waals surface area contributed by atoms with Crippen molar-refractivity contribution in [2.75, 3.05) is 19.0 Å². The molecule has 0 aliphatic heterocycles. The van der Waals surface area contributed by atoms with E-state index >= 15 is 0 Å². The highest BCUT2D eigenvalue weighted by Crippen LogP contribution is 2.34. The normalized spacial score (nSPS) is 17.4. The molecule has 4 nitrogen and oxygen atoms in total. The second-order valence-electron chi connectivity index (χ2n) is 4.54. The summed E-state index contributed by atoms with van der Waals surface area (Å²) in [6.07, 6.45) is 7.74. The van der Waals surface area contributed by atoms with E-state index in [1.54, 1.807) is 7.11 Å². The van der Waals surface area contributed by atoms with Crippen LogP contribution in [0.4, 0.5) is 5.69 Å². The SMILES string of the molecule is CCCn1cc(NC(COC)C2CC2)cn1. The Morgan fingerprint density at radius 1 is 1.62 bits per heavy atom. The highest BCUT2D eigenvalue weighted by atomic mass is 16.5. The molecule has 0 radical (unpaired) electrons. The first kappa shape index (κ1) is 11.5. The summed E-state index contributed by atoms with van der Waals surface area (Å²) in [5.41, 5.74) is 1.11. The van der Waals surface area contributed by atoms with Crippen LogP contribution in [0.25, 0.3) is 0 Å². The van der Waals surface area contributed by atoms with E-state index in [1.807, 2.05) is 10.9 Å². The Morgan fingerprint density at radius 2 is 2.44 bits per heavy atom. The van der Waals surface area contributed by atoms with Crippen LogP contribution in [0.15, 0.2) is 12.4 Å². The molecule has 2 rings (SSSR count). The number of ether oxygens (including phenoxy) is 1. The number of nitrogens with zero attached hydrogens (tertiary/aromatic N) is 2. The van der Waals surface area contributed by atoms with Crippen molar-refractivity contribution < 1.29 is 4.74 Å². The molecule has 1 N–H and O–H groups in total. The molecular weight excluding hydrogens is 202 g/mol. The zero-order valence-electron chi connectivity index (χ0n) is 10.1. The Bertz CT molecular complexity index is 320. The molecule has 1 fully saturated rings. The molecule has 1 aromatic heterocycles. The van der Waals surface area contributed by atoms with Gasteiger partial charge >= 0.3 is 0 Å². The summed E-state index contributed by atoms with van der Waals surface area (Å²) in [5, 5.41) is 7.82. The maximum absolute atomic E-state index is 5.24. The minimum absolute atomic E-state index is 0.448. The Morgan fingerprint density at radius 3 is 3.06 bits per heavy atom. The molecule has 1 unspecified atom stereocenters. The molecule has 1 heterocycles. The lowest BCUT2D eigenvalue weighted by molar-refractivity contribution is 0.179. The van der Waals surface area contributed by atoms with E-state index < -0.39 is 0 Å². The Labute approximate surface area is 97.0 Å².